The molecule has 0 radical (unpaired) electrons. The zero-order valence-corrected chi connectivity index (χ0v) is 13.8. The van der Waals surface area contributed by atoms with E-state index in [2.05, 4.69) is 5.32 Å². The van der Waals surface area contributed by atoms with Crippen LogP contribution in [0.4, 0.5) is 14.5 Å². The van der Waals surface area contributed by atoms with Crippen molar-refractivity contribution in [2.75, 3.05) is 11.9 Å². The van der Waals surface area contributed by atoms with Crippen molar-refractivity contribution in [1.82, 2.24) is 4.90 Å². The summed E-state index contributed by atoms with van der Waals surface area (Å²) in [7, 11) is 0. The van der Waals surface area contributed by atoms with E-state index >= 15 is 0 Å². The minimum absolute atomic E-state index is 0.0917. The molecule has 1 heterocycles. The Labute approximate surface area is 144 Å². The average molecular weight is 344 g/mol. The number of aryl methyl sites for hydroxylation is 1. The van der Waals surface area contributed by atoms with Crippen LogP contribution in [0.25, 0.3) is 0 Å². The van der Waals surface area contributed by atoms with E-state index in [-0.39, 0.29) is 23.9 Å². The Kier molecular flexibility index (Phi) is 4.79. The molecule has 1 N–H and O–H groups in total. The number of benzene rings is 2. The Bertz CT molecular complexity index is 806. The first-order valence-electron chi connectivity index (χ1n) is 8.01. The van der Waals surface area contributed by atoms with Crippen molar-refractivity contribution in [3.63, 3.8) is 0 Å². The summed E-state index contributed by atoms with van der Waals surface area (Å²) in [6, 6.07) is 11.0. The van der Waals surface area contributed by atoms with Gasteiger partial charge in [-0.2, -0.15) is 0 Å². The Hall–Kier alpha value is -2.76. The second-order valence-electron chi connectivity index (χ2n) is 6.28. The molecule has 6 heteroatoms. The van der Waals surface area contributed by atoms with E-state index in [0.717, 1.165) is 23.3 Å². The van der Waals surface area contributed by atoms with E-state index in [1.807, 2.05) is 31.2 Å². The van der Waals surface area contributed by atoms with Crippen LogP contribution in [0.5, 0.6) is 0 Å². The minimum atomic E-state index is -1.03. The number of nitrogens with one attached hydrogen (secondary N) is 1. The predicted molar refractivity (Wildman–Crippen MR) is 89.7 cm³/mol. The van der Waals surface area contributed by atoms with Crippen molar-refractivity contribution in [3.8, 4) is 0 Å². The van der Waals surface area contributed by atoms with Gasteiger partial charge in [0, 0.05) is 31.3 Å². The Morgan fingerprint density at radius 1 is 1.16 bits per heavy atom. The molecule has 0 spiro atoms. The summed E-state index contributed by atoms with van der Waals surface area (Å²) in [6.07, 6.45) is 0.112. The topological polar surface area (TPSA) is 49.4 Å². The molecule has 1 aliphatic rings. The van der Waals surface area contributed by atoms with Crippen LogP contribution in [-0.4, -0.2) is 23.3 Å². The molecule has 2 aromatic rings. The lowest BCUT2D eigenvalue weighted by molar-refractivity contribution is -0.128. The number of likely N-dealkylation sites (tertiary alicyclic amines) is 1. The van der Waals surface area contributed by atoms with Crippen molar-refractivity contribution in [2.24, 2.45) is 5.92 Å². The fourth-order valence-electron chi connectivity index (χ4n) is 2.83. The van der Waals surface area contributed by atoms with Gasteiger partial charge in [-0.25, -0.2) is 8.78 Å². The van der Waals surface area contributed by atoms with Crippen molar-refractivity contribution in [1.29, 1.82) is 0 Å². The number of hydrogen-bond acceptors (Lipinski definition) is 2. The Morgan fingerprint density at radius 2 is 1.88 bits per heavy atom. The van der Waals surface area contributed by atoms with Crippen LogP contribution in [-0.2, 0) is 16.1 Å². The lowest BCUT2D eigenvalue weighted by Gasteiger charge is -2.17. The zero-order chi connectivity index (χ0) is 18.0. The molecule has 2 aromatic carbocycles. The van der Waals surface area contributed by atoms with Crippen LogP contribution >= 0.6 is 0 Å². The molecule has 130 valence electrons. The third kappa shape index (κ3) is 4.02. The maximum atomic E-state index is 13.2. The number of carbonyl (C=O) groups is 2. The first-order chi connectivity index (χ1) is 11.9. The summed E-state index contributed by atoms with van der Waals surface area (Å²) < 4.78 is 26.1. The normalized spacial score (nSPS) is 17.0. The van der Waals surface area contributed by atoms with Crippen molar-refractivity contribution in [2.45, 2.75) is 19.9 Å². The van der Waals surface area contributed by atoms with Gasteiger partial charge in [-0.3, -0.25) is 9.59 Å². The van der Waals surface area contributed by atoms with Gasteiger partial charge >= 0.3 is 0 Å². The van der Waals surface area contributed by atoms with Crippen LogP contribution in [0.15, 0.2) is 42.5 Å². The SMILES string of the molecule is Cc1ccc(CN2CC(C(=O)Nc3ccc(F)c(F)c3)CC2=O)cc1. The monoisotopic (exact) mass is 344 g/mol. The third-order valence-corrected chi connectivity index (χ3v) is 4.27. The highest BCUT2D eigenvalue weighted by Crippen LogP contribution is 2.22. The maximum absolute atomic E-state index is 13.2. The summed E-state index contributed by atoms with van der Waals surface area (Å²) >= 11 is 0. The molecule has 1 aliphatic heterocycles. The third-order valence-electron chi connectivity index (χ3n) is 4.27. The van der Waals surface area contributed by atoms with E-state index in [1.54, 1.807) is 4.90 Å². The second-order valence-corrected chi connectivity index (χ2v) is 6.28. The van der Waals surface area contributed by atoms with Crippen molar-refractivity contribution in [3.05, 3.63) is 65.2 Å². The van der Waals surface area contributed by atoms with E-state index in [1.165, 1.54) is 6.07 Å². The molecule has 0 saturated carbocycles. The van der Waals surface area contributed by atoms with Gasteiger partial charge in [-0.1, -0.05) is 29.8 Å². The Morgan fingerprint density at radius 3 is 2.56 bits per heavy atom. The first kappa shape index (κ1) is 17.1. The number of halogens is 2. The molecule has 4 nitrogen and oxygen atoms in total. The molecule has 0 aromatic heterocycles. The van der Waals surface area contributed by atoms with Crippen LogP contribution in [0.3, 0.4) is 0 Å². The number of nitrogens with zero attached hydrogens (tertiary/aromatic N) is 1. The van der Waals surface area contributed by atoms with E-state index in [4.69, 9.17) is 0 Å². The van der Waals surface area contributed by atoms with Gasteiger partial charge in [0.15, 0.2) is 11.6 Å². The lowest BCUT2D eigenvalue weighted by Crippen LogP contribution is -2.28. The summed E-state index contributed by atoms with van der Waals surface area (Å²) in [5, 5.41) is 2.54. The minimum Gasteiger partial charge on any atom is -0.338 e. The van der Waals surface area contributed by atoms with Crippen LogP contribution in [0.2, 0.25) is 0 Å². The molecule has 1 atom stereocenters. The van der Waals surface area contributed by atoms with Crippen LogP contribution < -0.4 is 5.32 Å². The molecule has 25 heavy (non-hydrogen) atoms. The highest BCUT2D eigenvalue weighted by Gasteiger charge is 2.34. The van der Waals surface area contributed by atoms with Crippen LogP contribution in [0.1, 0.15) is 17.5 Å². The fourth-order valence-corrected chi connectivity index (χ4v) is 2.83. The van der Waals surface area contributed by atoms with Gasteiger partial charge in [0.2, 0.25) is 11.8 Å². The lowest BCUT2D eigenvalue weighted by atomic mass is 10.1. The molecule has 1 saturated heterocycles. The van der Waals surface area contributed by atoms with Gasteiger partial charge in [-0.15, -0.1) is 0 Å². The molecule has 2 amide bonds. The van der Waals surface area contributed by atoms with Crippen LogP contribution in [0, 0.1) is 24.5 Å². The van der Waals surface area contributed by atoms with Gasteiger partial charge in [0.25, 0.3) is 0 Å². The molecule has 1 unspecified atom stereocenters. The van der Waals surface area contributed by atoms with Crippen molar-refractivity contribution < 1.29 is 18.4 Å². The number of hydrogen-bond donors (Lipinski definition) is 1. The van der Waals surface area contributed by atoms with Gasteiger partial charge in [-0.05, 0) is 24.6 Å². The highest BCUT2D eigenvalue weighted by molar-refractivity contribution is 5.97. The molecule has 1 fully saturated rings. The summed E-state index contributed by atoms with van der Waals surface area (Å²) in [6.45, 7) is 2.75. The summed E-state index contributed by atoms with van der Waals surface area (Å²) in [4.78, 5) is 26.1. The summed E-state index contributed by atoms with van der Waals surface area (Å²) in [5.74, 6) is -2.97. The van der Waals surface area contributed by atoms with Gasteiger partial charge in [0.05, 0.1) is 5.92 Å². The summed E-state index contributed by atoms with van der Waals surface area (Å²) in [5.41, 5.74) is 2.31. The molecule has 0 aliphatic carbocycles. The Balaban J connectivity index is 1.62. The average Bonchev–Trinajstić information content (AvgIpc) is 2.94. The number of anilines is 1. The van der Waals surface area contributed by atoms with E-state index in [0.29, 0.717) is 13.1 Å². The van der Waals surface area contributed by atoms with Gasteiger partial charge in [0.1, 0.15) is 0 Å². The predicted octanol–water partition coefficient (Wildman–Crippen LogP) is 3.26. The largest absolute Gasteiger partial charge is 0.338 e. The van der Waals surface area contributed by atoms with Gasteiger partial charge < -0.3 is 10.2 Å². The van der Waals surface area contributed by atoms with E-state index < -0.39 is 17.6 Å². The molecular weight excluding hydrogens is 326 g/mol. The zero-order valence-electron chi connectivity index (χ0n) is 13.8. The quantitative estimate of drug-likeness (QED) is 0.925. The molecule has 0 bridgehead atoms. The number of carbonyl (C=O) groups excluding carboxylic acids is 2. The van der Waals surface area contributed by atoms with E-state index in [9.17, 15) is 18.4 Å². The highest BCUT2D eigenvalue weighted by atomic mass is 19.2. The second kappa shape index (κ2) is 7.01. The van der Waals surface area contributed by atoms with Crippen molar-refractivity contribution >= 4 is 17.5 Å². The molecule has 3 rings (SSSR count). The first-order valence-corrected chi connectivity index (χ1v) is 8.01. The molecular formula is C19H18F2N2O2. The fraction of sp³-hybridized carbons (Fsp3) is 0.263. The maximum Gasteiger partial charge on any atom is 0.229 e. The number of amides is 2. The number of rotatable bonds is 4. The standard InChI is InChI=1S/C19H18F2N2O2/c1-12-2-4-13(5-3-12)10-23-11-14(8-18(23)24)19(25)22-15-6-7-16(20)17(21)9-15/h2-7,9,14H,8,10-11H2,1H3,(H,22,25). The smallest absolute Gasteiger partial charge is 0.229 e.